The van der Waals surface area contributed by atoms with Crippen molar-refractivity contribution in [1.29, 1.82) is 0 Å². The number of hydrogen-bond acceptors (Lipinski definition) is 4. The van der Waals surface area contributed by atoms with Crippen molar-refractivity contribution in [3.05, 3.63) is 28.8 Å². The molecule has 2 aromatic heterocycles. The average Bonchev–Trinajstić information content (AvgIpc) is 2.80. The van der Waals surface area contributed by atoms with Crippen molar-refractivity contribution in [2.45, 2.75) is 25.8 Å². The lowest BCUT2D eigenvalue weighted by molar-refractivity contribution is 0.0691. The molecule has 0 saturated heterocycles. The zero-order chi connectivity index (χ0) is 13.2. The van der Waals surface area contributed by atoms with Gasteiger partial charge in [-0.15, -0.1) is 11.3 Å². The topological polar surface area (TPSA) is 62.2 Å². The van der Waals surface area contributed by atoms with Crippen LogP contribution in [-0.4, -0.2) is 22.6 Å². The highest BCUT2D eigenvalue weighted by Crippen LogP contribution is 2.26. The van der Waals surface area contributed by atoms with Crippen molar-refractivity contribution in [3.63, 3.8) is 0 Å². The molecule has 0 aromatic carbocycles. The van der Waals surface area contributed by atoms with Gasteiger partial charge in [-0.3, -0.25) is 0 Å². The summed E-state index contributed by atoms with van der Waals surface area (Å²) in [6.45, 7) is 1.74. The molecule has 0 aliphatic heterocycles. The molecule has 2 aromatic rings. The first kappa shape index (κ1) is 12.6. The fraction of sp³-hybridized carbons (Fsp3) is 0.429. The fourth-order valence-corrected chi connectivity index (χ4v) is 3.19. The molecule has 4 nitrogen and oxygen atoms in total. The van der Waals surface area contributed by atoms with Crippen LogP contribution in [0.2, 0.25) is 0 Å². The second kappa shape index (κ2) is 5.27. The van der Waals surface area contributed by atoms with E-state index in [0.717, 1.165) is 28.2 Å². The average molecular weight is 276 g/mol. The molecular formula is C14H16N2O2S. The monoisotopic (exact) mass is 276 g/mol. The highest BCUT2D eigenvalue weighted by Gasteiger charge is 2.17. The fourth-order valence-electron chi connectivity index (χ4n) is 2.38. The Labute approximate surface area is 115 Å². The first-order chi connectivity index (χ1) is 9.24. The molecule has 1 saturated carbocycles. The van der Waals surface area contributed by atoms with Crippen LogP contribution in [0, 0.1) is 5.92 Å². The second-order valence-corrected chi connectivity index (χ2v) is 5.93. The Kier molecular flexibility index (Phi) is 3.48. The van der Waals surface area contributed by atoms with Crippen molar-refractivity contribution >= 4 is 27.5 Å². The molecule has 2 N–H and O–H groups in total. The molecule has 0 bridgehead atoms. The minimum Gasteiger partial charge on any atom is -0.477 e. The van der Waals surface area contributed by atoms with E-state index in [2.05, 4.69) is 10.3 Å². The molecule has 1 aliphatic carbocycles. The van der Waals surface area contributed by atoms with Gasteiger partial charge in [0.05, 0.1) is 0 Å². The van der Waals surface area contributed by atoms with Crippen molar-refractivity contribution in [3.8, 4) is 0 Å². The Bertz CT molecular complexity index is 605. The maximum absolute atomic E-state index is 11.1. The van der Waals surface area contributed by atoms with E-state index in [1.807, 2.05) is 11.4 Å². The molecule has 100 valence electrons. The molecule has 0 radical (unpaired) electrons. The number of pyridine rings is 1. The smallest absolute Gasteiger partial charge is 0.354 e. The highest BCUT2D eigenvalue weighted by molar-refractivity contribution is 7.16. The zero-order valence-electron chi connectivity index (χ0n) is 10.6. The molecule has 5 heteroatoms. The van der Waals surface area contributed by atoms with Crippen molar-refractivity contribution in [2.24, 2.45) is 5.92 Å². The highest BCUT2D eigenvalue weighted by atomic mass is 32.1. The van der Waals surface area contributed by atoms with Crippen LogP contribution >= 0.6 is 11.3 Å². The van der Waals surface area contributed by atoms with E-state index in [1.54, 1.807) is 6.07 Å². The van der Waals surface area contributed by atoms with Gasteiger partial charge in [0.1, 0.15) is 10.5 Å². The van der Waals surface area contributed by atoms with Gasteiger partial charge in [0, 0.05) is 11.9 Å². The Morgan fingerprint density at radius 3 is 3.05 bits per heavy atom. The van der Waals surface area contributed by atoms with E-state index < -0.39 is 5.97 Å². The minimum atomic E-state index is -0.962. The number of rotatable bonds is 5. The summed E-state index contributed by atoms with van der Waals surface area (Å²) in [5, 5.41) is 15.5. The number of fused-ring (bicyclic) bond motifs is 1. The summed E-state index contributed by atoms with van der Waals surface area (Å²) in [6, 6.07) is 3.70. The SMILES string of the molecule is O=C(O)c1cc(CNCC2CCC2)c2ccsc2n1. The summed E-state index contributed by atoms with van der Waals surface area (Å²) < 4.78 is 0. The minimum absolute atomic E-state index is 0.135. The number of thiophene rings is 1. The first-order valence-electron chi connectivity index (χ1n) is 6.55. The largest absolute Gasteiger partial charge is 0.477 e. The Balaban J connectivity index is 1.79. The van der Waals surface area contributed by atoms with E-state index in [-0.39, 0.29) is 5.69 Å². The quantitative estimate of drug-likeness (QED) is 0.881. The summed E-state index contributed by atoms with van der Waals surface area (Å²) in [6.07, 6.45) is 3.98. The number of carbonyl (C=O) groups is 1. The molecule has 1 fully saturated rings. The van der Waals surface area contributed by atoms with E-state index in [9.17, 15) is 4.79 Å². The molecule has 0 amide bonds. The summed E-state index contributed by atoms with van der Waals surface area (Å²) in [5.74, 6) is -0.158. The summed E-state index contributed by atoms with van der Waals surface area (Å²) in [7, 11) is 0. The third kappa shape index (κ3) is 2.62. The molecule has 2 heterocycles. The number of aromatic nitrogens is 1. The Morgan fingerprint density at radius 2 is 2.37 bits per heavy atom. The van der Waals surface area contributed by atoms with Gasteiger partial charge in [0.15, 0.2) is 0 Å². The van der Waals surface area contributed by atoms with Crippen LogP contribution in [0.5, 0.6) is 0 Å². The van der Waals surface area contributed by atoms with Gasteiger partial charge in [0.25, 0.3) is 0 Å². The lowest BCUT2D eigenvalue weighted by Gasteiger charge is -2.25. The van der Waals surface area contributed by atoms with Crippen LogP contribution in [0.15, 0.2) is 17.5 Å². The van der Waals surface area contributed by atoms with Crippen molar-refractivity contribution in [1.82, 2.24) is 10.3 Å². The van der Waals surface area contributed by atoms with E-state index in [1.165, 1.54) is 30.6 Å². The Morgan fingerprint density at radius 1 is 1.53 bits per heavy atom. The number of nitrogens with zero attached hydrogens (tertiary/aromatic N) is 1. The van der Waals surface area contributed by atoms with Gasteiger partial charge >= 0.3 is 5.97 Å². The summed E-state index contributed by atoms with van der Waals surface area (Å²) in [4.78, 5) is 16.0. The van der Waals surface area contributed by atoms with Crippen LogP contribution in [0.25, 0.3) is 10.2 Å². The third-order valence-corrected chi connectivity index (χ3v) is 4.52. The van der Waals surface area contributed by atoms with Crippen LogP contribution < -0.4 is 5.32 Å². The lowest BCUT2D eigenvalue weighted by Crippen LogP contribution is -2.27. The lowest BCUT2D eigenvalue weighted by atomic mass is 9.85. The zero-order valence-corrected chi connectivity index (χ0v) is 11.4. The third-order valence-electron chi connectivity index (χ3n) is 3.72. The van der Waals surface area contributed by atoms with Gasteiger partial charge in [-0.25, -0.2) is 9.78 Å². The number of aromatic carboxylic acids is 1. The maximum Gasteiger partial charge on any atom is 0.354 e. The molecule has 0 spiro atoms. The molecule has 0 atom stereocenters. The number of carboxylic acid groups (broad SMARTS) is 1. The van der Waals surface area contributed by atoms with Crippen LogP contribution in [0.4, 0.5) is 0 Å². The van der Waals surface area contributed by atoms with E-state index >= 15 is 0 Å². The maximum atomic E-state index is 11.1. The molecule has 1 aliphatic rings. The summed E-state index contributed by atoms with van der Waals surface area (Å²) >= 11 is 1.49. The van der Waals surface area contributed by atoms with Gasteiger partial charge in [-0.2, -0.15) is 0 Å². The predicted molar refractivity (Wildman–Crippen MR) is 75.6 cm³/mol. The van der Waals surface area contributed by atoms with Gasteiger partial charge in [-0.1, -0.05) is 6.42 Å². The molecular weight excluding hydrogens is 260 g/mol. The van der Waals surface area contributed by atoms with E-state index in [0.29, 0.717) is 6.54 Å². The molecule has 19 heavy (non-hydrogen) atoms. The summed E-state index contributed by atoms with van der Waals surface area (Å²) in [5.41, 5.74) is 1.17. The molecule has 0 unspecified atom stereocenters. The number of nitrogens with one attached hydrogen (secondary N) is 1. The number of carboxylic acids is 1. The van der Waals surface area contributed by atoms with Crippen LogP contribution in [0.1, 0.15) is 35.3 Å². The van der Waals surface area contributed by atoms with Gasteiger partial charge in [-0.05, 0) is 48.4 Å². The van der Waals surface area contributed by atoms with Gasteiger partial charge in [0.2, 0.25) is 0 Å². The second-order valence-electron chi connectivity index (χ2n) is 5.04. The standard InChI is InChI=1S/C14H16N2O2S/c17-14(18)12-6-10(8-15-7-9-2-1-3-9)11-4-5-19-13(11)16-12/h4-6,9,15H,1-3,7-8H2,(H,17,18). The van der Waals surface area contributed by atoms with Gasteiger partial charge < -0.3 is 10.4 Å². The normalized spacial score (nSPS) is 15.6. The van der Waals surface area contributed by atoms with Crippen LogP contribution in [-0.2, 0) is 6.54 Å². The molecule has 3 rings (SSSR count). The van der Waals surface area contributed by atoms with Crippen molar-refractivity contribution < 1.29 is 9.90 Å². The Hall–Kier alpha value is -1.46. The van der Waals surface area contributed by atoms with Crippen molar-refractivity contribution in [2.75, 3.05) is 6.54 Å². The first-order valence-corrected chi connectivity index (χ1v) is 7.43. The van der Waals surface area contributed by atoms with E-state index in [4.69, 9.17) is 5.11 Å². The number of hydrogen-bond donors (Lipinski definition) is 2. The predicted octanol–water partition coefficient (Wildman–Crippen LogP) is 2.88. The van der Waals surface area contributed by atoms with Crippen LogP contribution in [0.3, 0.4) is 0 Å².